The quantitative estimate of drug-likeness (QED) is 0.873. The van der Waals surface area contributed by atoms with Gasteiger partial charge in [0.25, 0.3) is 0 Å². The lowest BCUT2D eigenvalue weighted by molar-refractivity contribution is -0.137. The molecule has 7 heteroatoms. The van der Waals surface area contributed by atoms with Crippen LogP contribution >= 0.6 is 0 Å². The summed E-state index contributed by atoms with van der Waals surface area (Å²) in [4.78, 5) is 0. The fourth-order valence-corrected chi connectivity index (χ4v) is 2.44. The van der Waals surface area contributed by atoms with E-state index < -0.39 is 17.8 Å². The molecule has 2 heterocycles. The van der Waals surface area contributed by atoms with Crippen LogP contribution in [-0.2, 0) is 19.1 Å². The Hall–Kier alpha value is -1.89. The molecule has 0 amide bonds. The average Bonchev–Trinajstić information content (AvgIpc) is 2.80. The third-order valence-corrected chi connectivity index (χ3v) is 3.40. The van der Waals surface area contributed by atoms with Gasteiger partial charge in [-0.3, -0.25) is 0 Å². The maximum Gasteiger partial charge on any atom is 0.417 e. The molecule has 0 saturated carbocycles. The van der Waals surface area contributed by atoms with Gasteiger partial charge in [-0.2, -0.15) is 13.2 Å². The number of fused-ring (bicyclic) bond motifs is 1. The number of rotatable bonds is 1. The summed E-state index contributed by atoms with van der Waals surface area (Å²) in [6, 6.07) is 5.33. The molecule has 1 atom stereocenters. The van der Waals surface area contributed by atoms with Crippen LogP contribution in [0.3, 0.4) is 0 Å². The fraction of sp³-hybridized carbons (Fsp3) is 0.385. The van der Waals surface area contributed by atoms with Gasteiger partial charge in [0, 0.05) is 18.5 Å². The molecule has 0 aliphatic carbocycles. The lowest BCUT2D eigenvalue weighted by atomic mass is 10.1. The summed E-state index contributed by atoms with van der Waals surface area (Å²) < 4.78 is 40.8. The van der Waals surface area contributed by atoms with Crippen LogP contribution in [0, 0.1) is 0 Å². The normalized spacial score (nSPS) is 18.9. The molecule has 106 valence electrons. The Morgan fingerprint density at radius 1 is 1.20 bits per heavy atom. The third kappa shape index (κ3) is 2.18. The van der Waals surface area contributed by atoms with Gasteiger partial charge in [-0.15, -0.1) is 10.2 Å². The van der Waals surface area contributed by atoms with Crippen molar-refractivity contribution >= 4 is 0 Å². The number of benzene rings is 1. The first-order valence-electron chi connectivity index (χ1n) is 6.23. The molecule has 4 nitrogen and oxygen atoms in total. The van der Waals surface area contributed by atoms with Crippen molar-refractivity contribution in [2.24, 2.45) is 0 Å². The number of halogens is 3. The highest BCUT2D eigenvalue weighted by Crippen LogP contribution is 2.36. The van der Waals surface area contributed by atoms with Crippen LogP contribution in [0.15, 0.2) is 24.3 Å². The van der Waals surface area contributed by atoms with E-state index in [4.69, 9.17) is 0 Å². The smallest absolute Gasteiger partial charge is 0.393 e. The highest BCUT2D eigenvalue weighted by atomic mass is 19.4. The minimum absolute atomic E-state index is 0.0233. The molecule has 0 spiro atoms. The molecular weight excluding hydrogens is 271 g/mol. The van der Waals surface area contributed by atoms with Crippen molar-refractivity contribution in [3.8, 4) is 11.4 Å². The van der Waals surface area contributed by atoms with Crippen molar-refractivity contribution in [1.82, 2.24) is 14.8 Å². The van der Waals surface area contributed by atoms with Gasteiger partial charge in [-0.25, -0.2) is 0 Å². The summed E-state index contributed by atoms with van der Waals surface area (Å²) in [6.07, 6.45) is -4.12. The van der Waals surface area contributed by atoms with Crippen molar-refractivity contribution in [3.05, 3.63) is 35.7 Å². The van der Waals surface area contributed by atoms with E-state index >= 15 is 0 Å². The molecule has 0 radical (unpaired) electrons. The average molecular weight is 283 g/mol. The number of aliphatic hydroxyl groups excluding tert-OH is 1. The van der Waals surface area contributed by atoms with E-state index in [1.807, 2.05) is 0 Å². The highest BCUT2D eigenvalue weighted by Gasteiger charge is 2.35. The summed E-state index contributed by atoms with van der Waals surface area (Å²) in [5.74, 6) is 0.732. The van der Waals surface area contributed by atoms with Gasteiger partial charge in [0.1, 0.15) is 5.82 Å². The van der Waals surface area contributed by atoms with Crippen LogP contribution < -0.4 is 0 Å². The second-order valence-electron chi connectivity index (χ2n) is 4.78. The van der Waals surface area contributed by atoms with Crippen LogP contribution in [0.5, 0.6) is 0 Å². The Morgan fingerprint density at radius 2 is 1.95 bits per heavy atom. The van der Waals surface area contributed by atoms with Gasteiger partial charge in [-0.05, 0) is 12.5 Å². The predicted molar refractivity (Wildman–Crippen MR) is 64.8 cm³/mol. The molecule has 3 rings (SSSR count). The maximum absolute atomic E-state index is 13.0. The molecule has 1 aromatic carbocycles. The number of nitrogens with zero attached hydrogens (tertiary/aromatic N) is 3. The standard InChI is InChI=1S/C13H12F3N3O/c14-13(15,16)10-4-2-1-3-9(10)12-18-17-11-7-8(20)5-6-19(11)12/h1-4,8,20H,5-7H2. The Kier molecular flexibility index (Phi) is 3.01. The molecule has 20 heavy (non-hydrogen) atoms. The van der Waals surface area contributed by atoms with Gasteiger partial charge in [0.05, 0.1) is 11.7 Å². The van der Waals surface area contributed by atoms with Crippen molar-refractivity contribution in [3.63, 3.8) is 0 Å². The van der Waals surface area contributed by atoms with Crippen LogP contribution in [0.1, 0.15) is 17.8 Å². The fourth-order valence-electron chi connectivity index (χ4n) is 2.44. The van der Waals surface area contributed by atoms with E-state index in [2.05, 4.69) is 10.2 Å². The summed E-state index contributed by atoms with van der Waals surface area (Å²) in [5, 5.41) is 17.3. The van der Waals surface area contributed by atoms with Gasteiger partial charge < -0.3 is 9.67 Å². The highest BCUT2D eigenvalue weighted by molar-refractivity contribution is 5.61. The zero-order chi connectivity index (χ0) is 14.3. The molecule has 0 bridgehead atoms. The van der Waals surface area contributed by atoms with Gasteiger partial charge in [0.15, 0.2) is 5.82 Å². The van der Waals surface area contributed by atoms with E-state index in [0.717, 1.165) is 6.07 Å². The Balaban J connectivity index is 2.12. The number of hydrogen-bond donors (Lipinski definition) is 1. The Morgan fingerprint density at radius 3 is 2.70 bits per heavy atom. The summed E-state index contributed by atoms with van der Waals surface area (Å²) >= 11 is 0. The van der Waals surface area contributed by atoms with Crippen molar-refractivity contribution in [1.29, 1.82) is 0 Å². The summed E-state index contributed by atoms with van der Waals surface area (Å²) in [5.41, 5.74) is -0.698. The van der Waals surface area contributed by atoms with Crippen LogP contribution in [0.25, 0.3) is 11.4 Å². The molecule has 0 saturated heterocycles. The Bertz CT molecular complexity index is 636. The molecule has 0 fully saturated rings. The SMILES string of the molecule is OC1CCn2c(nnc2-c2ccccc2C(F)(F)F)C1. The second kappa shape index (κ2) is 4.59. The molecule has 1 aromatic heterocycles. The number of aromatic nitrogens is 3. The number of aliphatic hydroxyl groups is 1. The van der Waals surface area contributed by atoms with Crippen molar-refractivity contribution in [2.45, 2.75) is 31.7 Å². The Labute approximate surface area is 112 Å². The van der Waals surface area contributed by atoms with Gasteiger partial charge in [0.2, 0.25) is 0 Å². The lowest BCUT2D eigenvalue weighted by Gasteiger charge is -2.20. The minimum atomic E-state index is -4.43. The van der Waals surface area contributed by atoms with Gasteiger partial charge >= 0.3 is 6.18 Å². The second-order valence-corrected chi connectivity index (χ2v) is 4.78. The van der Waals surface area contributed by atoms with E-state index in [9.17, 15) is 18.3 Å². The first-order valence-corrected chi connectivity index (χ1v) is 6.23. The van der Waals surface area contributed by atoms with Crippen LogP contribution in [0.2, 0.25) is 0 Å². The molecule has 1 N–H and O–H groups in total. The van der Waals surface area contributed by atoms with Crippen LogP contribution in [-0.4, -0.2) is 26.0 Å². The summed E-state index contributed by atoms with van der Waals surface area (Å²) in [7, 11) is 0. The summed E-state index contributed by atoms with van der Waals surface area (Å²) in [6.45, 7) is 0.422. The van der Waals surface area contributed by atoms with E-state index in [1.165, 1.54) is 12.1 Å². The lowest BCUT2D eigenvalue weighted by Crippen LogP contribution is -2.24. The van der Waals surface area contributed by atoms with E-state index in [0.29, 0.717) is 25.2 Å². The number of hydrogen-bond acceptors (Lipinski definition) is 3. The number of alkyl halides is 3. The predicted octanol–water partition coefficient (Wildman–Crippen LogP) is 2.27. The largest absolute Gasteiger partial charge is 0.417 e. The molecule has 1 aliphatic rings. The first-order chi connectivity index (χ1) is 9.47. The molecular formula is C13H12F3N3O. The molecule has 2 aromatic rings. The molecule has 1 unspecified atom stereocenters. The van der Waals surface area contributed by atoms with E-state index in [-0.39, 0.29) is 11.4 Å². The third-order valence-electron chi connectivity index (χ3n) is 3.40. The van der Waals surface area contributed by atoms with Crippen molar-refractivity contribution < 1.29 is 18.3 Å². The first kappa shape index (κ1) is 13.1. The van der Waals surface area contributed by atoms with Gasteiger partial charge in [-0.1, -0.05) is 18.2 Å². The monoisotopic (exact) mass is 283 g/mol. The van der Waals surface area contributed by atoms with E-state index in [1.54, 1.807) is 10.6 Å². The molecule has 1 aliphatic heterocycles. The van der Waals surface area contributed by atoms with Crippen LogP contribution in [0.4, 0.5) is 13.2 Å². The minimum Gasteiger partial charge on any atom is -0.393 e. The van der Waals surface area contributed by atoms with Crippen molar-refractivity contribution in [2.75, 3.05) is 0 Å². The zero-order valence-corrected chi connectivity index (χ0v) is 10.4. The zero-order valence-electron chi connectivity index (χ0n) is 10.4. The maximum atomic E-state index is 13.0. The topological polar surface area (TPSA) is 50.9 Å².